The van der Waals surface area contributed by atoms with Crippen molar-refractivity contribution >= 4 is 12.2 Å². The number of nitrogens with zero attached hydrogens (tertiary/aromatic N) is 2. The molecule has 0 aliphatic carbocycles. The van der Waals surface area contributed by atoms with E-state index in [1.807, 2.05) is 38.1 Å². The molecule has 4 heteroatoms. The number of isocyanates is 2. The first kappa shape index (κ1) is 14.0. The molecule has 0 fully saturated rings. The molecule has 18 heavy (non-hydrogen) atoms. The molecule has 0 heterocycles. The zero-order valence-electron chi connectivity index (χ0n) is 10.6. The van der Waals surface area contributed by atoms with E-state index in [9.17, 15) is 9.59 Å². The third-order valence-electron chi connectivity index (χ3n) is 2.87. The molecule has 1 aromatic carbocycles. The second-order valence-electron chi connectivity index (χ2n) is 3.96. The number of benzene rings is 1. The lowest BCUT2D eigenvalue weighted by atomic mass is 9.98. The normalized spacial score (nSPS) is 13.0. The molecule has 0 saturated carbocycles. The zero-order chi connectivity index (χ0) is 13.4. The van der Waals surface area contributed by atoms with Gasteiger partial charge in [0.25, 0.3) is 0 Å². The van der Waals surface area contributed by atoms with Gasteiger partial charge in [0.05, 0.1) is 12.1 Å². The predicted octanol–water partition coefficient (Wildman–Crippen LogP) is 3.26. The molecule has 0 bridgehead atoms. The lowest BCUT2D eigenvalue weighted by Crippen LogP contribution is -1.98. The van der Waals surface area contributed by atoms with Crippen LogP contribution in [0.1, 0.15) is 49.9 Å². The van der Waals surface area contributed by atoms with Gasteiger partial charge in [-0.1, -0.05) is 38.1 Å². The molecular formula is C14H16N2O2. The number of rotatable bonds is 6. The topological polar surface area (TPSA) is 58.9 Å². The Kier molecular flexibility index (Phi) is 5.72. The van der Waals surface area contributed by atoms with Crippen LogP contribution in [0.15, 0.2) is 34.3 Å². The molecule has 0 saturated heterocycles. The predicted molar refractivity (Wildman–Crippen MR) is 68.7 cm³/mol. The minimum absolute atomic E-state index is 0.180. The Morgan fingerprint density at radius 3 is 1.78 bits per heavy atom. The Balaban J connectivity index is 3.10. The third kappa shape index (κ3) is 3.49. The summed E-state index contributed by atoms with van der Waals surface area (Å²) in [4.78, 5) is 28.3. The molecule has 0 aromatic heterocycles. The highest BCUT2D eigenvalue weighted by Crippen LogP contribution is 2.26. The summed E-state index contributed by atoms with van der Waals surface area (Å²) < 4.78 is 0. The third-order valence-corrected chi connectivity index (χ3v) is 2.87. The van der Waals surface area contributed by atoms with E-state index >= 15 is 0 Å². The van der Waals surface area contributed by atoms with E-state index in [1.54, 1.807) is 12.2 Å². The van der Waals surface area contributed by atoms with Crippen LogP contribution >= 0.6 is 0 Å². The number of carbonyl (C=O) groups excluding carboxylic acids is 2. The summed E-state index contributed by atoms with van der Waals surface area (Å²) in [5, 5.41) is 0. The largest absolute Gasteiger partial charge is 0.235 e. The molecule has 0 aliphatic rings. The molecular weight excluding hydrogens is 228 g/mol. The van der Waals surface area contributed by atoms with Crippen LogP contribution in [0.2, 0.25) is 0 Å². The smallest absolute Gasteiger partial charge is 0.211 e. The first-order valence-corrected chi connectivity index (χ1v) is 6.00. The fourth-order valence-corrected chi connectivity index (χ4v) is 1.90. The van der Waals surface area contributed by atoms with Gasteiger partial charge < -0.3 is 0 Å². The van der Waals surface area contributed by atoms with Crippen LogP contribution in [0, 0.1) is 0 Å². The monoisotopic (exact) mass is 244 g/mol. The molecule has 0 aliphatic heterocycles. The maximum atomic E-state index is 10.4. The van der Waals surface area contributed by atoms with Crippen molar-refractivity contribution in [3.05, 3.63) is 35.4 Å². The van der Waals surface area contributed by atoms with Crippen LogP contribution in [0.5, 0.6) is 0 Å². The maximum absolute atomic E-state index is 10.4. The van der Waals surface area contributed by atoms with E-state index < -0.39 is 0 Å². The van der Waals surface area contributed by atoms with Crippen LogP contribution in [0.3, 0.4) is 0 Å². The van der Waals surface area contributed by atoms with Gasteiger partial charge in [-0.25, -0.2) is 9.59 Å². The highest BCUT2D eigenvalue weighted by molar-refractivity contribution is 5.38. The van der Waals surface area contributed by atoms with Crippen molar-refractivity contribution in [1.29, 1.82) is 0 Å². The van der Waals surface area contributed by atoms with E-state index in [4.69, 9.17) is 0 Å². The summed E-state index contributed by atoms with van der Waals surface area (Å²) in [5.74, 6) is 0. The average molecular weight is 244 g/mol. The van der Waals surface area contributed by atoms with Gasteiger partial charge in [0.2, 0.25) is 12.2 Å². The van der Waals surface area contributed by atoms with Gasteiger partial charge >= 0.3 is 0 Å². The lowest BCUT2D eigenvalue weighted by Gasteiger charge is -2.13. The van der Waals surface area contributed by atoms with Gasteiger partial charge in [0.15, 0.2) is 0 Å². The maximum Gasteiger partial charge on any atom is 0.235 e. The Morgan fingerprint density at radius 2 is 1.44 bits per heavy atom. The highest BCUT2D eigenvalue weighted by atomic mass is 16.1. The standard InChI is InChI=1S/C14H16N2O2/c1-3-13(15-9-17)11-6-5-7-12(8-11)14(4-2)16-10-18/h5-8,13-14H,3-4H2,1-2H3. The molecule has 4 nitrogen and oxygen atoms in total. The molecule has 2 atom stereocenters. The zero-order valence-corrected chi connectivity index (χ0v) is 10.6. The van der Waals surface area contributed by atoms with Crippen molar-refractivity contribution in [2.24, 2.45) is 9.98 Å². The van der Waals surface area contributed by atoms with Crippen molar-refractivity contribution in [2.75, 3.05) is 0 Å². The average Bonchev–Trinajstić information content (AvgIpc) is 2.42. The quantitative estimate of drug-likeness (QED) is 0.569. The van der Waals surface area contributed by atoms with Gasteiger partial charge in [0.1, 0.15) is 0 Å². The van der Waals surface area contributed by atoms with Crippen LogP contribution in [0.4, 0.5) is 0 Å². The van der Waals surface area contributed by atoms with Gasteiger partial charge in [0, 0.05) is 0 Å². The molecule has 0 radical (unpaired) electrons. The molecule has 94 valence electrons. The minimum Gasteiger partial charge on any atom is -0.211 e. The van der Waals surface area contributed by atoms with E-state index in [0.29, 0.717) is 0 Å². The molecule has 2 unspecified atom stereocenters. The van der Waals surface area contributed by atoms with E-state index in [1.165, 1.54) is 0 Å². The van der Waals surface area contributed by atoms with E-state index in [0.717, 1.165) is 24.0 Å². The fourth-order valence-electron chi connectivity index (χ4n) is 1.90. The van der Waals surface area contributed by atoms with Gasteiger partial charge in [-0.3, -0.25) is 0 Å². The molecule has 0 amide bonds. The summed E-state index contributed by atoms with van der Waals surface area (Å²) in [6.45, 7) is 3.91. The minimum atomic E-state index is -0.180. The van der Waals surface area contributed by atoms with Crippen molar-refractivity contribution in [3.63, 3.8) is 0 Å². The lowest BCUT2D eigenvalue weighted by molar-refractivity contribution is 0.555. The van der Waals surface area contributed by atoms with Crippen LogP contribution in [0.25, 0.3) is 0 Å². The summed E-state index contributed by atoms with van der Waals surface area (Å²) in [6.07, 6.45) is 4.65. The summed E-state index contributed by atoms with van der Waals surface area (Å²) in [6, 6.07) is 7.28. The number of hydrogen-bond acceptors (Lipinski definition) is 4. The van der Waals surface area contributed by atoms with Crippen LogP contribution in [-0.2, 0) is 9.59 Å². The molecule has 0 spiro atoms. The van der Waals surface area contributed by atoms with Crippen molar-refractivity contribution in [1.82, 2.24) is 0 Å². The van der Waals surface area contributed by atoms with E-state index in [-0.39, 0.29) is 12.1 Å². The van der Waals surface area contributed by atoms with Gasteiger partial charge in [-0.05, 0) is 24.0 Å². The Hall–Kier alpha value is -2.02. The number of hydrogen-bond donors (Lipinski definition) is 0. The fraction of sp³-hybridized carbons (Fsp3) is 0.429. The first-order chi connectivity index (χ1) is 8.76. The molecule has 1 rings (SSSR count). The molecule has 1 aromatic rings. The van der Waals surface area contributed by atoms with Gasteiger partial charge in [-0.2, -0.15) is 9.98 Å². The second-order valence-corrected chi connectivity index (χ2v) is 3.96. The number of aliphatic imine (C=N–C) groups is 2. The van der Waals surface area contributed by atoms with Crippen molar-refractivity contribution in [2.45, 2.75) is 38.8 Å². The Bertz CT molecular complexity index is 445. The van der Waals surface area contributed by atoms with Crippen LogP contribution in [-0.4, -0.2) is 12.2 Å². The Labute approximate surface area is 106 Å². The molecule has 0 N–H and O–H groups in total. The summed E-state index contributed by atoms with van der Waals surface area (Å²) >= 11 is 0. The SMILES string of the molecule is CCC(N=C=O)c1cccc(C(CC)N=C=O)c1. The van der Waals surface area contributed by atoms with E-state index in [2.05, 4.69) is 9.98 Å². The summed E-state index contributed by atoms with van der Waals surface area (Å²) in [5.41, 5.74) is 1.88. The van der Waals surface area contributed by atoms with Crippen molar-refractivity contribution < 1.29 is 9.59 Å². The summed E-state index contributed by atoms with van der Waals surface area (Å²) in [7, 11) is 0. The highest BCUT2D eigenvalue weighted by Gasteiger charge is 2.12. The Morgan fingerprint density at radius 1 is 1.00 bits per heavy atom. The first-order valence-electron chi connectivity index (χ1n) is 6.00. The van der Waals surface area contributed by atoms with Crippen LogP contribution < -0.4 is 0 Å². The van der Waals surface area contributed by atoms with Gasteiger partial charge in [-0.15, -0.1) is 0 Å². The second kappa shape index (κ2) is 7.33. The van der Waals surface area contributed by atoms with Crippen molar-refractivity contribution in [3.8, 4) is 0 Å².